The van der Waals surface area contributed by atoms with Crippen molar-refractivity contribution in [3.8, 4) is 0 Å². The molecule has 2 rings (SSSR count). The fourth-order valence-electron chi connectivity index (χ4n) is 2.07. The number of likely N-dealkylation sites (tertiary alicyclic amines) is 1. The number of nitrogens with one attached hydrogen (secondary N) is 1. The normalized spacial score (nSPS) is 22.8. The first-order valence-corrected chi connectivity index (χ1v) is 5.44. The van der Waals surface area contributed by atoms with Crippen molar-refractivity contribution in [2.45, 2.75) is 18.3 Å². The Hall–Kier alpha value is -1.92. The first kappa shape index (κ1) is 12.5. The number of rotatable bonds is 1. The number of hydrogen-bond donors (Lipinski definition) is 2. The zero-order valence-electron chi connectivity index (χ0n) is 9.40. The second kappa shape index (κ2) is 4.40. The fraction of sp³-hybridized carbons (Fsp3) is 0.455. The smallest absolute Gasteiger partial charge is 0.407 e. The highest BCUT2D eigenvalue weighted by molar-refractivity contribution is 5.65. The molecule has 1 aromatic heterocycles. The molecule has 0 radical (unpaired) electrons. The van der Waals surface area contributed by atoms with E-state index in [1.165, 1.54) is 12.3 Å². The molecular formula is C11H12F2N2O3. The number of alkyl halides is 2. The van der Waals surface area contributed by atoms with E-state index in [1.807, 2.05) is 0 Å². The Morgan fingerprint density at radius 1 is 1.50 bits per heavy atom. The molecule has 1 aromatic rings. The van der Waals surface area contributed by atoms with Crippen molar-refractivity contribution in [1.82, 2.24) is 9.88 Å². The molecule has 18 heavy (non-hydrogen) atoms. The van der Waals surface area contributed by atoms with Gasteiger partial charge in [0, 0.05) is 31.8 Å². The molecule has 0 spiro atoms. The summed E-state index contributed by atoms with van der Waals surface area (Å²) in [6.07, 6.45) is -0.505. The van der Waals surface area contributed by atoms with Gasteiger partial charge in [-0.15, -0.1) is 0 Å². The standard InChI is InChI=1S/C11H12F2N2O3/c12-11(13)3-4-15(10(17)18)6-8(11)7-1-2-9(16)14-5-7/h1-2,5,8H,3-4,6H2,(H,14,16)(H,17,18). The summed E-state index contributed by atoms with van der Waals surface area (Å²) in [6.45, 7) is -0.448. The molecule has 1 amide bonds. The maximum absolute atomic E-state index is 13.8. The lowest BCUT2D eigenvalue weighted by Gasteiger charge is -2.37. The number of carboxylic acid groups (broad SMARTS) is 1. The number of nitrogens with zero attached hydrogens (tertiary/aromatic N) is 1. The van der Waals surface area contributed by atoms with Crippen molar-refractivity contribution in [2.24, 2.45) is 0 Å². The lowest BCUT2D eigenvalue weighted by Crippen LogP contribution is -2.47. The minimum Gasteiger partial charge on any atom is -0.465 e. The number of amides is 1. The highest BCUT2D eigenvalue weighted by Crippen LogP contribution is 2.39. The summed E-state index contributed by atoms with van der Waals surface area (Å²) in [5.74, 6) is -4.19. The molecule has 1 fully saturated rings. The summed E-state index contributed by atoms with van der Waals surface area (Å²) in [7, 11) is 0. The zero-order chi connectivity index (χ0) is 13.3. The van der Waals surface area contributed by atoms with E-state index in [4.69, 9.17) is 5.11 Å². The van der Waals surface area contributed by atoms with Crippen molar-refractivity contribution in [3.63, 3.8) is 0 Å². The lowest BCUT2D eigenvalue weighted by molar-refractivity contribution is -0.0706. The van der Waals surface area contributed by atoms with Gasteiger partial charge in [-0.3, -0.25) is 4.79 Å². The van der Waals surface area contributed by atoms with Crippen LogP contribution < -0.4 is 5.56 Å². The van der Waals surface area contributed by atoms with Crippen LogP contribution in [0.2, 0.25) is 0 Å². The minimum atomic E-state index is -2.97. The molecule has 1 aliphatic heterocycles. The third-order valence-electron chi connectivity index (χ3n) is 3.11. The Labute approximate surface area is 101 Å². The maximum atomic E-state index is 13.8. The summed E-state index contributed by atoms with van der Waals surface area (Å²) in [5, 5.41) is 8.84. The van der Waals surface area contributed by atoms with E-state index in [9.17, 15) is 18.4 Å². The van der Waals surface area contributed by atoms with E-state index in [1.54, 1.807) is 0 Å². The summed E-state index contributed by atoms with van der Waals surface area (Å²) in [5.41, 5.74) is -0.140. The van der Waals surface area contributed by atoms with Crippen LogP contribution in [0.25, 0.3) is 0 Å². The van der Waals surface area contributed by atoms with Gasteiger partial charge in [-0.25, -0.2) is 13.6 Å². The molecule has 1 aliphatic rings. The summed E-state index contributed by atoms with van der Waals surface area (Å²) >= 11 is 0. The molecular weight excluding hydrogens is 246 g/mol. The Morgan fingerprint density at radius 2 is 2.22 bits per heavy atom. The molecule has 0 aromatic carbocycles. The number of piperidine rings is 1. The van der Waals surface area contributed by atoms with Gasteiger partial charge < -0.3 is 15.0 Å². The third kappa shape index (κ3) is 2.34. The number of pyridine rings is 1. The van der Waals surface area contributed by atoms with Gasteiger partial charge in [-0.05, 0) is 5.56 Å². The number of carbonyl (C=O) groups is 1. The second-order valence-corrected chi connectivity index (χ2v) is 4.28. The van der Waals surface area contributed by atoms with Crippen LogP contribution in [-0.2, 0) is 0 Å². The molecule has 98 valence electrons. The van der Waals surface area contributed by atoms with Gasteiger partial charge in [-0.1, -0.05) is 6.07 Å². The predicted octanol–water partition coefficient (Wildman–Crippen LogP) is 1.48. The van der Waals surface area contributed by atoms with Gasteiger partial charge in [0.15, 0.2) is 0 Å². The SMILES string of the molecule is O=C(O)N1CCC(F)(F)C(c2ccc(=O)[nH]c2)C1. The van der Waals surface area contributed by atoms with Gasteiger partial charge in [0.2, 0.25) is 5.56 Å². The van der Waals surface area contributed by atoms with E-state index >= 15 is 0 Å². The number of aromatic nitrogens is 1. The van der Waals surface area contributed by atoms with Crippen molar-refractivity contribution >= 4 is 6.09 Å². The minimum absolute atomic E-state index is 0.178. The van der Waals surface area contributed by atoms with Crippen LogP contribution in [0.1, 0.15) is 17.9 Å². The van der Waals surface area contributed by atoms with Crippen LogP contribution in [0.15, 0.2) is 23.1 Å². The summed E-state index contributed by atoms with van der Waals surface area (Å²) in [6, 6.07) is 2.47. The lowest BCUT2D eigenvalue weighted by atomic mass is 9.88. The first-order chi connectivity index (χ1) is 8.40. The van der Waals surface area contributed by atoms with E-state index in [0.717, 1.165) is 11.0 Å². The van der Waals surface area contributed by atoms with E-state index < -0.39 is 24.4 Å². The maximum Gasteiger partial charge on any atom is 0.407 e. The molecule has 0 aliphatic carbocycles. The summed E-state index contributed by atoms with van der Waals surface area (Å²) < 4.78 is 27.6. The number of halogens is 2. The molecule has 0 saturated carbocycles. The average molecular weight is 258 g/mol. The Bertz CT molecular complexity index is 495. The van der Waals surface area contributed by atoms with E-state index in [0.29, 0.717) is 0 Å². The number of H-pyrrole nitrogens is 1. The fourth-order valence-corrected chi connectivity index (χ4v) is 2.07. The van der Waals surface area contributed by atoms with Crippen LogP contribution in [0.3, 0.4) is 0 Å². The molecule has 7 heteroatoms. The molecule has 1 unspecified atom stereocenters. The van der Waals surface area contributed by atoms with Crippen LogP contribution >= 0.6 is 0 Å². The largest absolute Gasteiger partial charge is 0.465 e. The molecule has 0 bridgehead atoms. The first-order valence-electron chi connectivity index (χ1n) is 5.44. The van der Waals surface area contributed by atoms with Crippen molar-refractivity contribution in [3.05, 3.63) is 34.2 Å². The van der Waals surface area contributed by atoms with E-state index in [2.05, 4.69) is 4.98 Å². The highest BCUT2D eigenvalue weighted by Gasteiger charge is 2.46. The van der Waals surface area contributed by atoms with Crippen LogP contribution in [0.5, 0.6) is 0 Å². The Kier molecular flexibility index (Phi) is 3.06. The quantitative estimate of drug-likeness (QED) is 0.801. The number of hydrogen-bond acceptors (Lipinski definition) is 2. The molecule has 2 heterocycles. The third-order valence-corrected chi connectivity index (χ3v) is 3.11. The van der Waals surface area contributed by atoms with Crippen LogP contribution in [0.4, 0.5) is 13.6 Å². The monoisotopic (exact) mass is 258 g/mol. The van der Waals surface area contributed by atoms with Crippen molar-refractivity contribution in [2.75, 3.05) is 13.1 Å². The van der Waals surface area contributed by atoms with Crippen LogP contribution in [0, 0.1) is 0 Å². The van der Waals surface area contributed by atoms with Gasteiger partial charge >= 0.3 is 6.09 Å². The van der Waals surface area contributed by atoms with Gasteiger partial charge in [0.05, 0.1) is 5.92 Å². The second-order valence-electron chi connectivity index (χ2n) is 4.28. The highest BCUT2D eigenvalue weighted by atomic mass is 19.3. The zero-order valence-corrected chi connectivity index (χ0v) is 9.40. The molecule has 5 nitrogen and oxygen atoms in total. The predicted molar refractivity (Wildman–Crippen MR) is 59.0 cm³/mol. The summed E-state index contributed by atoms with van der Waals surface area (Å²) in [4.78, 5) is 25.0. The van der Waals surface area contributed by atoms with Gasteiger partial charge in [-0.2, -0.15) is 0 Å². The van der Waals surface area contributed by atoms with E-state index in [-0.39, 0.29) is 24.2 Å². The average Bonchev–Trinajstić information content (AvgIpc) is 2.30. The Morgan fingerprint density at radius 3 is 2.78 bits per heavy atom. The van der Waals surface area contributed by atoms with Crippen molar-refractivity contribution in [1.29, 1.82) is 0 Å². The van der Waals surface area contributed by atoms with Gasteiger partial charge in [0.25, 0.3) is 5.92 Å². The molecule has 1 atom stereocenters. The molecule has 1 saturated heterocycles. The van der Waals surface area contributed by atoms with Crippen LogP contribution in [-0.4, -0.2) is 40.1 Å². The number of aromatic amines is 1. The Balaban J connectivity index is 2.29. The topological polar surface area (TPSA) is 73.4 Å². The molecule has 2 N–H and O–H groups in total. The van der Waals surface area contributed by atoms with Crippen molar-refractivity contribution < 1.29 is 18.7 Å². The van der Waals surface area contributed by atoms with Gasteiger partial charge in [0.1, 0.15) is 0 Å².